The van der Waals surface area contributed by atoms with Gasteiger partial charge in [0, 0.05) is 13.1 Å². The van der Waals surface area contributed by atoms with Crippen molar-refractivity contribution in [3.63, 3.8) is 0 Å². The van der Waals surface area contributed by atoms with E-state index < -0.39 is 0 Å². The molecule has 0 N–H and O–H groups in total. The monoisotopic (exact) mass is 135 g/mol. The maximum atomic E-state index is 5.10. The van der Waals surface area contributed by atoms with Crippen LogP contribution in [0.25, 0.3) is 0 Å². The molecule has 0 amide bonds. The van der Waals surface area contributed by atoms with Crippen molar-refractivity contribution in [2.45, 2.75) is 0 Å². The Labute approximate surface area is 57.3 Å². The predicted octanol–water partition coefficient (Wildman–Crippen LogP) is 0.0612. The molecule has 0 bridgehead atoms. The first-order chi connectivity index (χ1) is 3.39. The molecule has 0 aromatic rings. The van der Waals surface area contributed by atoms with Gasteiger partial charge in [0.15, 0.2) is 0 Å². The summed E-state index contributed by atoms with van der Waals surface area (Å²) in [5.74, 6) is 0. The summed E-state index contributed by atoms with van der Waals surface area (Å²) in [6, 6.07) is 0. The predicted molar refractivity (Wildman–Crippen MR) is 38.7 cm³/mol. The number of likely N-dealkylation sites (N-methyl/N-ethyl adjacent to an activating group) is 1. The fourth-order valence-corrected chi connectivity index (χ4v) is 0.655. The summed E-state index contributed by atoms with van der Waals surface area (Å²) in [4.78, 5) is 2.27. The zero-order valence-corrected chi connectivity index (χ0v) is 6.18. The van der Waals surface area contributed by atoms with Crippen LogP contribution in [0.4, 0.5) is 0 Å². The third-order valence-electron chi connectivity index (χ3n) is 1.23. The minimum Gasteiger partial charge on any atom is -0.379 e. The number of rotatable bonds is 0. The summed E-state index contributed by atoms with van der Waals surface area (Å²) in [7, 11) is 2.11. The number of hydrogen-bond acceptors (Lipinski definition) is 2. The Morgan fingerprint density at radius 2 is 1.75 bits per heavy atom. The highest BCUT2D eigenvalue weighted by atomic mass is 32.1. The van der Waals surface area contributed by atoms with Gasteiger partial charge in [-0.1, -0.05) is 0 Å². The lowest BCUT2D eigenvalue weighted by Gasteiger charge is -2.21. The molecule has 2 nitrogen and oxygen atoms in total. The molecule has 50 valence electrons. The minimum atomic E-state index is 0. The first kappa shape index (κ1) is 8.27. The van der Waals surface area contributed by atoms with Gasteiger partial charge >= 0.3 is 0 Å². The second-order valence-electron chi connectivity index (χ2n) is 1.92. The molecule has 0 aliphatic carbocycles. The van der Waals surface area contributed by atoms with Crippen LogP contribution in [0.15, 0.2) is 0 Å². The van der Waals surface area contributed by atoms with E-state index in [1.807, 2.05) is 0 Å². The topological polar surface area (TPSA) is 12.5 Å². The third kappa shape index (κ3) is 2.55. The van der Waals surface area contributed by atoms with Crippen LogP contribution >= 0.6 is 13.5 Å². The average molecular weight is 135 g/mol. The Kier molecular flexibility index (Phi) is 4.32. The van der Waals surface area contributed by atoms with Gasteiger partial charge in [0.05, 0.1) is 13.2 Å². The molecule has 1 rings (SSSR count). The van der Waals surface area contributed by atoms with E-state index in [0.717, 1.165) is 26.3 Å². The van der Waals surface area contributed by atoms with Crippen LogP contribution < -0.4 is 0 Å². The van der Waals surface area contributed by atoms with Crippen LogP contribution in [0.1, 0.15) is 0 Å². The Morgan fingerprint density at radius 3 is 2.00 bits per heavy atom. The summed E-state index contributed by atoms with van der Waals surface area (Å²) in [5, 5.41) is 0. The van der Waals surface area contributed by atoms with Crippen LogP contribution in [-0.2, 0) is 4.74 Å². The maximum Gasteiger partial charge on any atom is 0.0594 e. The van der Waals surface area contributed by atoms with Gasteiger partial charge in [-0.05, 0) is 7.05 Å². The fraction of sp³-hybridized carbons (Fsp3) is 1.00. The lowest BCUT2D eigenvalue weighted by molar-refractivity contribution is 0.0503. The Bertz CT molecular complexity index is 54.4. The van der Waals surface area contributed by atoms with Crippen molar-refractivity contribution < 1.29 is 4.74 Å². The molecule has 0 spiro atoms. The summed E-state index contributed by atoms with van der Waals surface area (Å²) in [6.07, 6.45) is 0. The molecule has 1 heterocycles. The zero-order chi connectivity index (χ0) is 5.11. The molecule has 1 saturated heterocycles. The van der Waals surface area contributed by atoms with Crippen LogP contribution in [0.2, 0.25) is 0 Å². The molecule has 8 heavy (non-hydrogen) atoms. The van der Waals surface area contributed by atoms with Gasteiger partial charge in [-0.2, -0.15) is 13.5 Å². The second-order valence-corrected chi connectivity index (χ2v) is 1.92. The number of hydrogen-bond donors (Lipinski definition) is 0. The van der Waals surface area contributed by atoms with E-state index in [1.54, 1.807) is 0 Å². The average Bonchev–Trinajstić information content (AvgIpc) is 1.69. The second kappa shape index (κ2) is 4.18. The third-order valence-corrected chi connectivity index (χ3v) is 1.23. The van der Waals surface area contributed by atoms with Crippen molar-refractivity contribution in [1.29, 1.82) is 0 Å². The van der Waals surface area contributed by atoms with E-state index in [0.29, 0.717) is 0 Å². The van der Waals surface area contributed by atoms with Crippen molar-refractivity contribution in [1.82, 2.24) is 4.90 Å². The van der Waals surface area contributed by atoms with E-state index in [1.165, 1.54) is 0 Å². The first-order valence-electron chi connectivity index (χ1n) is 2.66. The molecule has 0 aromatic carbocycles. The highest BCUT2D eigenvalue weighted by molar-refractivity contribution is 7.59. The molecule has 0 aromatic heterocycles. The first-order valence-corrected chi connectivity index (χ1v) is 2.66. The molecule has 3 heteroatoms. The lowest BCUT2D eigenvalue weighted by Crippen LogP contribution is -2.32. The molecule has 0 unspecified atom stereocenters. The molecule has 1 aliphatic heterocycles. The van der Waals surface area contributed by atoms with Gasteiger partial charge in [-0.25, -0.2) is 0 Å². The standard InChI is InChI=1S/C5H11NO.H2S/c1-6-2-4-7-5-3-6;/h2-5H2,1H3;1H2. The van der Waals surface area contributed by atoms with Gasteiger partial charge in [0.2, 0.25) is 0 Å². The number of nitrogens with zero attached hydrogens (tertiary/aromatic N) is 1. The maximum absolute atomic E-state index is 5.10. The van der Waals surface area contributed by atoms with Crippen molar-refractivity contribution >= 4 is 13.5 Å². The Hall–Kier alpha value is 0.270. The Balaban J connectivity index is 0.000000490. The molecular formula is C5H13NOS. The highest BCUT2D eigenvalue weighted by Gasteiger charge is 2.02. The fourth-order valence-electron chi connectivity index (χ4n) is 0.655. The van der Waals surface area contributed by atoms with E-state index in [4.69, 9.17) is 4.74 Å². The summed E-state index contributed by atoms with van der Waals surface area (Å²) in [6.45, 7) is 4.02. The van der Waals surface area contributed by atoms with E-state index >= 15 is 0 Å². The molecule has 1 aliphatic rings. The van der Waals surface area contributed by atoms with Crippen LogP contribution in [0.3, 0.4) is 0 Å². The summed E-state index contributed by atoms with van der Waals surface area (Å²) < 4.78 is 5.10. The summed E-state index contributed by atoms with van der Waals surface area (Å²) >= 11 is 0. The smallest absolute Gasteiger partial charge is 0.0594 e. The van der Waals surface area contributed by atoms with Crippen molar-refractivity contribution in [3.05, 3.63) is 0 Å². The molecular weight excluding hydrogens is 122 g/mol. The normalized spacial score (nSPS) is 22.1. The minimum absolute atomic E-state index is 0. The van der Waals surface area contributed by atoms with Crippen molar-refractivity contribution in [2.75, 3.05) is 33.4 Å². The van der Waals surface area contributed by atoms with Gasteiger partial charge in [-0.15, -0.1) is 0 Å². The molecule has 0 saturated carbocycles. The van der Waals surface area contributed by atoms with Crippen molar-refractivity contribution in [2.24, 2.45) is 0 Å². The largest absolute Gasteiger partial charge is 0.379 e. The van der Waals surface area contributed by atoms with E-state index in [2.05, 4.69) is 11.9 Å². The van der Waals surface area contributed by atoms with Gasteiger partial charge in [-0.3, -0.25) is 0 Å². The van der Waals surface area contributed by atoms with Gasteiger partial charge < -0.3 is 9.64 Å². The quantitative estimate of drug-likeness (QED) is 0.466. The molecule has 0 radical (unpaired) electrons. The van der Waals surface area contributed by atoms with Crippen LogP contribution in [0, 0.1) is 0 Å². The van der Waals surface area contributed by atoms with Crippen molar-refractivity contribution in [3.8, 4) is 0 Å². The van der Waals surface area contributed by atoms with Gasteiger partial charge in [0.25, 0.3) is 0 Å². The summed E-state index contributed by atoms with van der Waals surface area (Å²) in [5.41, 5.74) is 0. The SMILES string of the molecule is CN1CCOCC1.S. The van der Waals surface area contributed by atoms with E-state index in [-0.39, 0.29) is 13.5 Å². The zero-order valence-electron chi connectivity index (χ0n) is 5.18. The van der Waals surface area contributed by atoms with E-state index in [9.17, 15) is 0 Å². The van der Waals surface area contributed by atoms with Crippen LogP contribution in [0.5, 0.6) is 0 Å². The number of ether oxygens (including phenoxy) is 1. The lowest BCUT2D eigenvalue weighted by atomic mass is 10.5. The highest BCUT2D eigenvalue weighted by Crippen LogP contribution is 1.89. The van der Waals surface area contributed by atoms with Crippen LogP contribution in [-0.4, -0.2) is 38.3 Å². The van der Waals surface area contributed by atoms with Gasteiger partial charge in [0.1, 0.15) is 0 Å². The molecule has 0 atom stereocenters. The molecule has 1 fully saturated rings. The number of morpholine rings is 1. The Morgan fingerprint density at radius 1 is 1.25 bits per heavy atom.